The van der Waals surface area contributed by atoms with E-state index in [4.69, 9.17) is 4.74 Å². The van der Waals surface area contributed by atoms with Gasteiger partial charge in [0.1, 0.15) is 0 Å². The van der Waals surface area contributed by atoms with Crippen molar-refractivity contribution >= 4 is 5.97 Å². The number of carbonyl (C=O) groups is 1. The summed E-state index contributed by atoms with van der Waals surface area (Å²) in [5, 5.41) is 0. The molecule has 2 aromatic carbocycles. The second kappa shape index (κ2) is 6.98. The predicted molar refractivity (Wildman–Crippen MR) is 101 cm³/mol. The molecule has 1 aromatic heterocycles. The number of aryl methyl sites for hydroxylation is 2. The maximum atomic E-state index is 12.4. The van der Waals surface area contributed by atoms with Crippen LogP contribution >= 0.6 is 0 Å². The van der Waals surface area contributed by atoms with Crippen LogP contribution in [0.3, 0.4) is 0 Å². The molecule has 0 unspecified atom stereocenters. The summed E-state index contributed by atoms with van der Waals surface area (Å²) < 4.78 is 7.36. The molecule has 3 aromatic rings. The lowest BCUT2D eigenvalue weighted by atomic mass is 10.1. The highest BCUT2D eigenvalue weighted by molar-refractivity contribution is 5.93. The summed E-state index contributed by atoms with van der Waals surface area (Å²) in [5.74, 6) is -0.278. The second-order valence-corrected chi connectivity index (χ2v) is 6.29. The standard InChI is InChI=1S/C22H23NO2/c1-5-25-22(24)20-14-21(18-10-6-15(2)7-11-18)23(17(20)4)19-12-8-16(3)9-13-19/h6-14H,5H2,1-4H3. The fraction of sp³-hybridized carbons (Fsp3) is 0.227. The molecule has 25 heavy (non-hydrogen) atoms. The summed E-state index contributed by atoms with van der Waals surface area (Å²) in [5.41, 5.74) is 7.01. The number of benzene rings is 2. The zero-order valence-electron chi connectivity index (χ0n) is 15.2. The maximum Gasteiger partial charge on any atom is 0.339 e. The van der Waals surface area contributed by atoms with Gasteiger partial charge in [-0.3, -0.25) is 0 Å². The molecular weight excluding hydrogens is 310 g/mol. The lowest BCUT2D eigenvalue weighted by Crippen LogP contribution is -2.06. The molecule has 0 saturated carbocycles. The van der Waals surface area contributed by atoms with Crippen LogP contribution in [0.25, 0.3) is 16.9 Å². The topological polar surface area (TPSA) is 31.2 Å². The van der Waals surface area contributed by atoms with Gasteiger partial charge in [0.2, 0.25) is 0 Å². The van der Waals surface area contributed by atoms with E-state index in [1.54, 1.807) is 0 Å². The molecule has 0 N–H and O–H groups in total. The Morgan fingerprint density at radius 1 is 0.920 bits per heavy atom. The highest BCUT2D eigenvalue weighted by Gasteiger charge is 2.20. The van der Waals surface area contributed by atoms with Gasteiger partial charge in [-0.1, -0.05) is 47.5 Å². The van der Waals surface area contributed by atoms with Crippen LogP contribution in [0.15, 0.2) is 54.6 Å². The lowest BCUT2D eigenvalue weighted by Gasteiger charge is -2.13. The van der Waals surface area contributed by atoms with E-state index < -0.39 is 0 Å². The van der Waals surface area contributed by atoms with Crippen LogP contribution in [-0.2, 0) is 4.74 Å². The molecule has 3 nitrogen and oxygen atoms in total. The minimum absolute atomic E-state index is 0.278. The first kappa shape index (κ1) is 17.0. The van der Waals surface area contributed by atoms with Crippen molar-refractivity contribution in [3.05, 3.63) is 77.0 Å². The van der Waals surface area contributed by atoms with Crippen LogP contribution in [0.5, 0.6) is 0 Å². The highest BCUT2D eigenvalue weighted by atomic mass is 16.5. The van der Waals surface area contributed by atoms with Gasteiger partial charge < -0.3 is 9.30 Å². The van der Waals surface area contributed by atoms with Crippen molar-refractivity contribution in [1.29, 1.82) is 0 Å². The van der Waals surface area contributed by atoms with Gasteiger partial charge in [-0.2, -0.15) is 0 Å². The first-order valence-corrected chi connectivity index (χ1v) is 8.54. The average molecular weight is 333 g/mol. The third-order valence-corrected chi connectivity index (χ3v) is 4.38. The van der Waals surface area contributed by atoms with Crippen molar-refractivity contribution in [3.63, 3.8) is 0 Å². The molecule has 0 fully saturated rings. The fourth-order valence-corrected chi connectivity index (χ4v) is 2.99. The van der Waals surface area contributed by atoms with Crippen molar-refractivity contribution in [2.45, 2.75) is 27.7 Å². The van der Waals surface area contributed by atoms with E-state index in [-0.39, 0.29) is 5.97 Å². The van der Waals surface area contributed by atoms with Gasteiger partial charge >= 0.3 is 5.97 Å². The Bertz CT molecular complexity index is 887. The van der Waals surface area contributed by atoms with Crippen LogP contribution in [0.2, 0.25) is 0 Å². The first-order valence-electron chi connectivity index (χ1n) is 8.54. The second-order valence-electron chi connectivity index (χ2n) is 6.29. The first-order chi connectivity index (χ1) is 12.0. The smallest absolute Gasteiger partial charge is 0.339 e. The van der Waals surface area contributed by atoms with Crippen LogP contribution in [-0.4, -0.2) is 17.1 Å². The Balaban J connectivity index is 2.21. The third-order valence-electron chi connectivity index (χ3n) is 4.38. The summed E-state index contributed by atoms with van der Waals surface area (Å²) in [7, 11) is 0. The molecule has 0 aliphatic rings. The van der Waals surface area contributed by atoms with Crippen molar-refractivity contribution in [2.75, 3.05) is 6.61 Å². The molecule has 128 valence electrons. The highest BCUT2D eigenvalue weighted by Crippen LogP contribution is 2.30. The van der Waals surface area contributed by atoms with Crippen LogP contribution in [0.1, 0.15) is 34.1 Å². The van der Waals surface area contributed by atoms with E-state index in [9.17, 15) is 4.79 Å². The summed E-state index contributed by atoms with van der Waals surface area (Å²) in [6.07, 6.45) is 0. The number of rotatable bonds is 4. The van der Waals surface area contributed by atoms with Gasteiger partial charge in [-0.15, -0.1) is 0 Å². The molecule has 0 saturated heterocycles. The number of hydrogen-bond donors (Lipinski definition) is 0. The summed E-state index contributed by atoms with van der Waals surface area (Å²) in [6.45, 7) is 8.29. The maximum absolute atomic E-state index is 12.4. The Morgan fingerprint density at radius 2 is 1.48 bits per heavy atom. The van der Waals surface area contributed by atoms with Crippen molar-refractivity contribution in [2.24, 2.45) is 0 Å². The Kier molecular flexibility index (Phi) is 4.75. The van der Waals surface area contributed by atoms with Crippen molar-refractivity contribution < 1.29 is 9.53 Å². The minimum atomic E-state index is -0.278. The molecule has 0 bridgehead atoms. The molecule has 3 rings (SSSR count). The molecule has 0 amide bonds. The molecule has 0 atom stereocenters. The average Bonchev–Trinajstić information content (AvgIpc) is 2.94. The molecule has 0 radical (unpaired) electrons. The van der Waals surface area contributed by atoms with Gasteiger partial charge in [0.25, 0.3) is 0 Å². The molecule has 3 heteroatoms. The number of ether oxygens (including phenoxy) is 1. The number of esters is 1. The van der Waals surface area contributed by atoms with Crippen molar-refractivity contribution in [1.82, 2.24) is 4.57 Å². The largest absolute Gasteiger partial charge is 0.462 e. The molecule has 0 aliphatic heterocycles. The number of nitrogens with zero attached hydrogens (tertiary/aromatic N) is 1. The summed E-state index contributed by atoms with van der Waals surface area (Å²) in [6, 6.07) is 18.6. The van der Waals surface area contributed by atoms with Crippen LogP contribution in [0, 0.1) is 20.8 Å². The predicted octanol–water partition coefficient (Wildman–Crippen LogP) is 5.25. The van der Waals surface area contributed by atoms with Gasteiger partial charge in [0.05, 0.1) is 17.9 Å². The van der Waals surface area contributed by atoms with Gasteiger partial charge in [-0.05, 0) is 51.5 Å². The third kappa shape index (κ3) is 3.36. The lowest BCUT2D eigenvalue weighted by molar-refractivity contribution is 0.0525. The van der Waals surface area contributed by atoms with E-state index in [2.05, 4.69) is 66.9 Å². The van der Waals surface area contributed by atoms with Crippen LogP contribution in [0.4, 0.5) is 0 Å². The number of carbonyl (C=O) groups excluding carboxylic acids is 1. The summed E-state index contributed by atoms with van der Waals surface area (Å²) in [4.78, 5) is 12.4. The SMILES string of the molecule is CCOC(=O)c1cc(-c2ccc(C)cc2)n(-c2ccc(C)cc2)c1C. The Morgan fingerprint density at radius 3 is 2.04 bits per heavy atom. The molecule has 0 spiro atoms. The van der Waals surface area contributed by atoms with Gasteiger partial charge in [0, 0.05) is 11.4 Å². The Hall–Kier alpha value is -2.81. The van der Waals surface area contributed by atoms with Crippen molar-refractivity contribution in [3.8, 4) is 16.9 Å². The molecule has 1 heterocycles. The zero-order chi connectivity index (χ0) is 18.0. The van der Waals surface area contributed by atoms with E-state index in [1.165, 1.54) is 11.1 Å². The number of hydrogen-bond acceptors (Lipinski definition) is 2. The number of aromatic nitrogens is 1. The monoisotopic (exact) mass is 333 g/mol. The molecular formula is C22H23NO2. The Labute approximate surface area is 148 Å². The quantitative estimate of drug-likeness (QED) is 0.611. The van der Waals surface area contributed by atoms with Gasteiger partial charge in [0.15, 0.2) is 0 Å². The zero-order valence-corrected chi connectivity index (χ0v) is 15.2. The normalized spacial score (nSPS) is 10.7. The van der Waals surface area contributed by atoms with E-state index in [0.717, 1.165) is 22.6 Å². The summed E-state index contributed by atoms with van der Waals surface area (Å²) >= 11 is 0. The van der Waals surface area contributed by atoms with E-state index in [0.29, 0.717) is 12.2 Å². The van der Waals surface area contributed by atoms with E-state index in [1.807, 2.05) is 19.9 Å². The molecule has 0 aliphatic carbocycles. The van der Waals surface area contributed by atoms with E-state index >= 15 is 0 Å². The van der Waals surface area contributed by atoms with Crippen LogP contribution < -0.4 is 0 Å². The van der Waals surface area contributed by atoms with Gasteiger partial charge in [-0.25, -0.2) is 4.79 Å². The minimum Gasteiger partial charge on any atom is -0.462 e. The fourth-order valence-electron chi connectivity index (χ4n) is 2.99.